The van der Waals surface area contributed by atoms with Crippen LogP contribution < -0.4 is 5.32 Å². The monoisotopic (exact) mass is 312 g/mol. The Kier molecular flexibility index (Phi) is 4.79. The maximum absolute atomic E-state index is 5.41. The lowest BCUT2D eigenvalue weighted by molar-refractivity contribution is 0.0342. The van der Waals surface area contributed by atoms with Crippen LogP contribution >= 0.6 is 0 Å². The van der Waals surface area contributed by atoms with E-state index >= 15 is 0 Å². The third-order valence-electron chi connectivity index (χ3n) is 5.68. The van der Waals surface area contributed by atoms with Crippen LogP contribution in [-0.2, 0) is 17.8 Å². The van der Waals surface area contributed by atoms with Gasteiger partial charge in [0.25, 0.3) is 0 Å². The van der Waals surface area contributed by atoms with Crippen LogP contribution in [0.25, 0.3) is 0 Å². The molecular weight excluding hydrogens is 284 g/mol. The summed E-state index contributed by atoms with van der Waals surface area (Å²) >= 11 is 0. The molecule has 0 amide bonds. The molecule has 0 radical (unpaired) electrons. The van der Waals surface area contributed by atoms with E-state index < -0.39 is 0 Å². The van der Waals surface area contributed by atoms with Crippen molar-refractivity contribution in [1.29, 1.82) is 0 Å². The van der Waals surface area contributed by atoms with E-state index in [1.54, 1.807) is 0 Å². The molecule has 23 heavy (non-hydrogen) atoms. The zero-order chi connectivity index (χ0) is 15.5. The third kappa shape index (κ3) is 3.85. The van der Waals surface area contributed by atoms with Gasteiger partial charge in [0.05, 0.1) is 13.2 Å². The fourth-order valence-corrected chi connectivity index (χ4v) is 4.31. The van der Waals surface area contributed by atoms with Gasteiger partial charge in [-0.05, 0) is 48.3 Å². The molecule has 0 aromatic heterocycles. The Bertz CT molecular complexity index is 533. The van der Waals surface area contributed by atoms with Gasteiger partial charge in [0.15, 0.2) is 0 Å². The summed E-state index contributed by atoms with van der Waals surface area (Å²) in [7, 11) is 0. The average Bonchev–Trinajstić information content (AvgIpc) is 3.20. The van der Waals surface area contributed by atoms with Crippen molar-refractivity contribution in [3.8, 4) is 0 Å². The number of nitrogens with one attached hydrogen (secondary N) is 1. The van der Waals surface area contributed by atoms with Gasteiger partial charge >= 0.3 is 0 Å². The van der Waals surface area contributed by atoms with Crippen molar-refractivity contribution in [1.82, 2.24) is 10.2 Å². The number of allylic oxidation sites excluding steroid dienone is 2. The summed E-state index contributed by atoms with van der Waals surface area (Å²) in [6.07, 6.45) is 7.67. The van der Waals surface area contributed by atoms with Crippen molar-refractivity contribution in [2.24, 2.45) is 17.8 Å². The van der Waals surface area contributed by atoms with Gasteiger partial charge in [-0.15, -0.1) is 0 Å². The van der Waals surface area contributed by atoms with E-state index in [2.05, 4.69) is 46.6 Å². The summed E-state index contributed by atoms with van der Waals surface area (Å²) in [5.74, 6) is 2.60. The van der Waals surface area contributed by atoms with Gasteiger partial charge < -0.3 is 10.1 Å². The Hall–Kier alpha value is -1.16. The van der Waals surface area contributed by atoms with Gasteiger partial charge in [-0.3, -0.25) is 4.90 Å². The average molecular weight is 312 g/mol. The normalized spacial score (nSPS) is 30.2. The Labute approximate surface area is 139 Å². The van der Waals surface area contributed by atoms with Crippen LogP contribution in [0.1, 0.15) is 24.0 Å². The van der Waals surface area contributed by atoms with E-state index in [1.807, 2.05) is 0 Å². The molecular formula is C20H28N2O. The lowest BCUT2D eigenvalue weighted by Gasteiger charge is -2.26. The summed E-state index contributed by atoms with van der Waals surface area (Å²) in [6, 6.07) is 9.13. The Morgan fingerprint density at radius 1 is 1.00 bits per heavy atom. The van der Waals surface area contributed by atoms with Gasteiger partial charge in [0.2, 0.25) is 0 Å². The molecule has 2 fully saturated rings. The zero-order valence-corrected chi connectivity index (χ0v) is 13.9. The number of ether oxygens (including phenoxy) is 1. The molecule has 3 heteroatoms. The number of hydrogen-bond donors (Lipinski definition) is 1. The van der Waals surface area contributed by atoms with Crippen molar-refractivity contribution in [3.63, 3.8) is 0 Å². The van der Waals surface area contributed by atoms with E-state index in [-0.39, 0.29) is 0 Å². The standard InChI is InChI=1S/C20H28N2O/c1-3-17(15-22-7-9-23-10-8-22)4-2-16(1)13-21-14-20-12-18-5-6-19(20)11-18/h1-6,18-21H,7-15H2. The van der Waals surface area contributed by atoms with Crippen molar-refractivity contribution in [3.05, 3.63) is 47.5 Å². The molecule has 3 aliphatic rings. The molecule has 1 N–H and O–H groups in total. The highest BCUT2D eigenvalue weighted by molar-refractivity contribution is 5.22. The lowest BCUT2D eigenvalue weighted by Crippen LogP contribution is -2.35. The van der Waals surface area contributed by atoms with E-state index in [0.717, 1.165) is 57.1 Å². The van der Waals surface area contributed by atoms with Gasteiger partial charge in [-0.2, -0.15) is 0 Å². The van der Waals surface area contributed by atoms with E-state index in [9.17, 15) is 0 Å². The van der Waals surface area contributed by atoms with Gasteiger partial charge in [-0.25, -0.2) is 0 Å². The predicted octanol–water partition coefficient (Wildman–Crippen LogP) is 2.82. The second-order valence-electron chi connectivity index (χ2n) is 7.38. The summed E-state index contributed by atoms with van der Waals surface area (Å²) < 4.78 is 5.41. The first-order valence-corrected chi connectivity index (χ1v) is 9.14. The Morgan fingerprint density at radius 2 is 1.78 bits per heavy atom. The minimum absolute atomic E-state index is 0.850. The van der Waals surface area contributed by atoms with Crippen LogP contribution in [0, 0.1) is 17.8 Å². The molecule has 0 spiro atoms. The first-order valence-electron chi connectivity index (χ1n) is 9.14. The minimum Gasteiger partial charge on any atom is -0.379 e. The predicted molar refractivity (Wildman–Crippen MR) is 93.1 cm³/mol. The van der Waals surface area contributed by atoms with Crippen LogP contribution in [-0.4, -0.2) is 37.7 Å². The molecule has 124 valence electrons. The fourth-order valence-electron chi connectivity index (χ4n) is 4.31. The van der Waals surface area contributed by atoms with Crippen LogP contribution in [0.4, 0.5) is 0 Å². The molecule has 1 heterocycles. The second kappa shape index (κ2) is 7.16. The van der Waals surface area contributed by atoms with Crippen LogP contribution in [0.2, 0.25) is 0 Å². The number of hydrogen-bond acceptors (Lipinski definition) is 3. The first kappa shape index (κ1) is 15.4. The SMILES string of the molecule is C1=CC2CC1CC2CNCc1ccc(CN2CCOCC2)cc1. The topological polar surface area (TPSA) is 24.5 Å². The van der Waals surface area contributed by atoms with Crippen molar-refractivity contribution in [2.45, 2.75) is 25.9 Å². The van der Waals surface area contributed by atoms with Crippen LogP contribution in [0.15, 0.2) is 36.4 Å². The number of nitrogens with zero attached hydrogens (tertiary/aromatic N) is 1. The molecule has 3 atom stereocenters. The molecule has 4 rings (SSSR count). The summed E-state index contributed by atoms with van der Waals surface area (Å²) in [5.41, 5.74) is 2.81. The van der Waals surface area contributed by atoms with E-state index in [4.69, 9.17) is 4.74 Å². The molecule has 1 aromatic rings. The van der Waals surface area contributed by atoms with Crippen molar-refractivity contribution in [2.75, 3.05) is 32.8 Å². The molecule has 2 aliphatic carbocycles. The molecule has 3 unspecified atom stereocenters. The highest BCUT2D eigenvalue weighted by Gasteiger charge is 2.34. The molecule has 2 bridgehead atoms. The summed E-state index contributed by atoms with van der Waals surface area (Å²) in [5, 5.41) is 3.67. The summed E-state index contributed by atoms with van der Waals surface area (Å²) in [4.78, 5) is 2.47. The summed E-state index contributed by atoms with van der Waals surface area (Å²) in [6.45, 7) is 7.08. The van der Waals surface area contributed by atoms with Gasteiger partial charge in [0, 0.05) is 26.2 Å². The Balaban J connectivity index is 1.21. The Morgan fingerprint density at radius 3 is 2.48 bits per heavy atom. The number of benzene rings is 1. The number of fused-ring (bicyclic) bond motifs is 2. The largest absolute Gasteiger partial charge is 0.379 e. The van der Waals surface area contributed by atoms with E-state index in [0.29, 0.717) is 0 Å². The van der Waals surface area contributed by atoms with Crippen LogP contribution in [0.3, 0.4) is 0 Å². The van der Waals surface area contributed by atoms with Gasteiger partial charge in [0.1, 0.15) is 0 Å². The molecule has 1 aliphatic heterocycles. The minimum atomic E-state index is 0.850. The third-order valence-corrected chi connectivity index (χ3v) is 5.68. The first-order chi connectivity index (χ1) is 11.4. The number of rotatable bonds is 6. The number of morpholine rings is 1. The van der Waals surface area contributed by atoms with Crippen molar-refractivity contribution < 1.29 is 4.74 Å². The molecule has 3 nitrogen and oxygen atoms in total. The highest BCUT2D eigenvalue weighted by atomic mass is 16.5. The molecule has 1 saturated carbocycles. The second-order valence-corrected chi connectivity index (χ2v) is 7.38. The molecule has 1 aromatic carbocycles. The smallest absolute Gasteiger partial charge is 0.0594 e. The maximum Gasteiger partial charge on any atom is 0.0594 e. The maximum atomic E-state index is 5.41. The van der Waals surface area contributed by atoms with E-state index in [1.165, 1.54) is 30.5 Å². The van der Waals surface area contributed by atoms with Crippen LogP contribution in [0.5, 0.6) is 0 Å². The quantitative estimate of drug-likeness (QED) is 0.818. The highest BCUT2D eigenvalue weighted by Crippen LogP contribution is 2.42. The lowest BCUT2D eigenvalue weighted by atomic mass is 9.93. The molecule has 1 saturated heterocycles. The van der Waals surface area contributed by atoms with Crippen molar-refractivity contribution >= 4 is 0 Å². The van der Waals surface area contributed by atoms with Gasteiger partial charge in [-0.1, -0.05) is 36.4 Å². The fraction of sp³-hybridized carbons (Fsp3) is 0.600. The zero-order valence-electron chi connectivity index (χ0n) is 13.9.